The average molecular weight is 223 g/mol. The first-order chi connectivity index (χ1) is 8.29. The lowest BCUT2D eigenvalue weighted by Gasteiger charge is -2.13. The lowest BCUT2D eigenvalue weighted by molar-refractivity contribution is 0.0926. The normalized spacial score (nSPS) is 14.0. The van der Waals surface area contributed by atoms with Crippen molar-refractivity contribution >= 4 is 17.5 Å². The Morgan fingerprint density at radius 2 is 1.12 bits per heavy atom. The quantitative estimate of drug-likeness (QED) is 0.696. The Balaban J connectivity index is 2.13. The molecular formula is C14H9NO2. The molecule has 17 heavy (non-hydrogen) atoms. The minimum atomic E-state index is -0.253. The standard InChI is InChI=1S/C14H9NO2/c16-13-11-8-4-5-9-12(11)14(17)15(13)10-6-2-1-3-7-10/h1-9H. The topological polar surface area (TPSA) is 37.4 Å². The lowest BCUT2D eigenvalue weighted by Crippen LogP contribution is -2.29. The van der Waals surface area contributed by atoms with Crippen LogP contribution >= 0.6 is 0 Å². The average Bonchev–Trinajstić information content (AvgIpc) is 2.64. The summed E-state index contributed by atoms with van der Waals surface area (Å²) in [7, 11) is 0. The Hall–Kier alpha value is -2.42. The predicted octanol–water partition coefficient (Wildman–Crippen LogP) is 2.49. The molecule has 0 radical (unpaired) electrons. The van der Waals surface area contributed by atoms with Crippen LogP contribution in [0.1, 0.15) is 20.7 Å². The van der Waals surface area contributed by atoms with Crippen LogP contribution in [0.3, 0.4) is 0 Å². The third kappa shape index (κ3) is 1.36. The summed E-state index contributed by atoms with van der Waals surface area (Å²) in [5, 5.41) is 0. The van der Waals surface area contributed by atoms with Gasteiger partial charge in [-0.25, -0.2) is 4.90 Å². The van der Waals surface area contributed by atoms with Gasteiger partial charge in [-0.3, -0.25) is 9.59 Å². The zero-order valence-electron chi connectivity index (χ0n) is 8.96. The van der Waals surface area contributed by atoms with Crippen molar-refractivity contribution in [1.29, 1.82) is 0 Å². The highest BCUT2D eigenvalue weighted by molar-refractivity contribution is 6.34. The molecule has 2 aromatic rings. The lowest BCUT2D eigenvalue weighted by atomic mass is 10.1. The fourth-order valence-electron chi connectivity index (χ4n) is 2.00. The maximum Gasteiger partial charge on any atom is 0.266 e. The summed E-state index contributed by atoms with van der Waals surface area (Å²) in [5.41, 5.74) is 1.56. The van der Waals surface area contributed by atoms with Crippen molar-refractivity contribution in [3.05, 3.63) is 65.7 Å². The number of hydrogen-bond acceptors (Lipinski definition) is 2. The molecule has 0 bridgehead atoms. The second-order valence-electron chi connectivity index (χ2n) is 3.83. The summed E-state index contributed by atoms with van der Waals surface area (Å²) >= 11 is 0. The van der Waals surface area contributed by atoms with Gasteiger partial charge in [-0.15, -0.1) is 0 Å². The predicted molar refractivity (Wildman–Crippen MR) is 64.0 cm³/mol. The molecule has 0 N–H and O–H groups in total. The van der Waals surface area contributed by atoms with Crippen LogP contribution in [0.15, 0.2) is 54.6 Å². The Bertz CT molecular complexity index is 570. The summed E-state index contributed by atoms with van der Waals surface area (Å²) in [5.74, 6) is -0.506. The largest absolute Gasteiger partial charge is 0.268 e. The van der Waals surface area contributed by atoms with Crippen molar-refractivity contribution in [3.63, 3.8) is 0 Å². The molecule has 0 aliphatic carbocycles. The highest BCUT2D eigenvalue weighted by Gasteiger charge is 2.35. The molecule has 1 aliphatic heterocycles. The Labute approximate surface area is 98.3 Å². The molecule has 1 heterocycles. The summed E-state index contributed by atoms with van der Waals surface area (Å²) in [6.07, 6.45) is 0. The number of fused-ring (bicyclic) bond motifs is 1. The van der Waals surface area contributed by atoms with Gasteiger partial charge in [0.2, 0.25) is 0 Å². The van der Waals surface area contributed by atoms with Crippen LogP contribution in [0.5, 0.6) is 0 Å². The second kappa shape index (κ2) is 3.56. The molecule has 3 rings (SSSR count). The van der Waals surface area contributed by atoms with Gasteiger partial charge < -0.3 is 0 Å². The number of carbonyl (C=O) groups excluding carboxylic acids is 2. The smallest absolute Gasteiger partial charge is 0.266 e. The zero-order chi connectivity index (χ0) is 11.8. The molecule has 82 valence electrons. The van der Waals surface area contributed by atoms with E-state index >= 15 is 0 Å². The van der Waals surface area contributed by atoms with Crippen molar-refractivity contribution in [1.82, 2.24) is 0 Å². The van der Waals surface area contributed by atoms with Gasteiger partial charge >= 0.3 is 0 Å². The minimum Gasteiger partial charge on any atom is -0.268 e. The first-order valence-electron chi connectivity index (χ1n) is 5.32. The van der Waals surface area contributed by atoms with Gasteiger partial charge in [0.25, 0.3) is 11.8 Å². The van der Waals surface area contributed by atoms with Gasteiger partial charge in [0.1, 0.15) is 0 Å². The van der Waals surface area contributed by atoms with E-state index < -0.39 is 0 Å². The van der Waals surface area contributed by atoms with Crippen LogP contribution in [-0.4, -0.2) is 11.8 Å². The molecule has 0 spiro atoms. The molecule has 0 saturated carbocycles. The molecule has 1 aliphatic rings. The molecule has 3 nitrogen and oxygen atoms in total. The van der Waals surface area contributed by atoms with Crippen LogP contribution in [0.2, 0.25) is 0 Å². The molecular weight excluding hydrogens is 214 g/mol. The highest BCUT2D eigenvalue weighted by atomic mass is 16.2. The van der Waals surface area contributed by atoms with Gasteiger partial charge in [0.05, 0.1) is 16.8 Å². The van der Waals surface area contributed by atoms with Crippen LogP contribution in [0, 0.1) is 0 Å². The Morgan fingerprint density at radius 1 is 0.647 bits per heavy atom. The van der Waals surface area contributed by atoms with Crippen molar-refractivity contribution < 1.29 is 9.59 Å². The molecule has 3 heteroatoms. The maximum atomic E-state index is 12.1. The fourth-order valence-corrected chi connectivity index (χ4v) is 2.00. The van der Waals surface area contributed by atoms with E-state index in [1.54, 1.807) is 48.5 Å². The minimum absolute atomic E-state index is 0.253. The molecule has 2 amide bonds. The van der Waals surface area contributed by atoms with Gasteiger partial charge in [-0.05, 0) is 24.3 Å². The molecule has 0 saturated heterocycles. The van der Waals surface area contributed by atoms with Gasteiger partial charge in [0, 0.05) is 0 Å². The van der Waals surface area contributed by atoms with Gasteiger partial charge in [0.15, 0.2) is 0 Å². The second-order valence-corrected chi connectivity index (χ2v) is 3.83. The summed E-state index contributed by atoms with van der Waals surface area (Å²) in [6.45, 7) is 0. The number of nitrogens with zero attached hydrogens (tertiary/aromatic N) is 1. The van der Waals surface area contributed by atoms with E-state index in [4.69, 9.17) is 0 Å². The van der Waals surface area contributed by atoms with E-state index in [1.807, 2.05) is 6.07 Å². The monoisotopic (exact) mass is 223 g/mol. The summed E-state index contributed by atoms with van der Waals surface area (Å²) < 4.78 is 0. The van der Waals surface area contributed by atoms with Crippen molar-refractivity contribution in [2.75, 3.05) is 4.90 Å². The Kier molecular flexibility index (Phi) is 2.05. The molecule has 2 aromatic carbocycles. The van der Waals surface area contributed by atoms with Crippen molar-refractivity contribution in [2.45, 2.75) is 0 Å². The third-order valence-electron chi connectivity index (χ3n) is 2.81. The number of carbonyl (C=O) groups is 2. The number of rotatable bonds is 1. The molecule has 0 unspecified atom stereocenters. The number of anilines is 1. The van der Waals surface area contributed by atoms with Crippen LogP contribution in [0.25, 0.3) is 0 Å². The fraction of sp³-hybridized carbons (Fsp3) is 0. The Morgan fingerprint density at radius 3 is 1.65 bits per heavy atom. The number of benzene rings is 2. The molecule has 0 atom stereocenters. The highest BCUT2D eigenvalue weighted by Crippen LogP contribution is 2.27. The van der Waals surface area contributed by atoms with E-state index in [-0.39, 0.29) is 11.8 Å². The van der Waals surface area contributed by atoms with E-state index in [9.17, 15) is 9.59 Å². The van der Waals surface area contributed by atoms with Crippen LogP contribution < -0.4 is 4.90 Å². The molecule has 0 aromatic heterocycles. The van der Waals surface area contributed by atoms with E-state index in [0.717, 1.165) is 0 Å². The van der Waals surface area contributed by atoms with E-state index in [2.05, 4.69) is 0 Å². The van der Waals surface area contributed by atoms with Gasteiger partial charge in [-0.1, -0.05) is 30.3 Å². The number of amides is 2. The summed E-state index contributed by atoms with van der Waals surface area (Å²) in [4.78, 5) is 25.4. The van der Waals surface area contributed by atoms with Crippen molar-refractivity contribution in [3.8, 4) is 0 Å². The zero-order valence-corrected chi connectivity index (χ0v) is 8.96. The number of imide groups is 1. The van der Waals surface area contributed by atoms with Crippen LogP contribution in [-0.2, 0) is 0 Å². The van der Waals surface area contributed by atoms with Crippen molar-refractivity contribution in [2.24, 2.45) is 0 Å². The molecule has 0 fully saturated rings. The van der Waals surface area contributed by atoms with Crippen LogP contribution in [0.4, 0.5) is 5.69 Å². The number of para-hydroxylation sites is 1. The maximum absolute atomic E-state index is 12.1. The van der Waals surface area contributed by atoms with Gasteiger partial charge in [-0.2, -0.15) is 0 Å². The summed E-state index contributed by atoms with van der Waals surface area (Å²) in [6, 6.07) is 15.8. The number of hydrogen-bond donors (Lipinski definition) is 0. The SMILES string of the molecule is O=C1c2ccccc2C(=O)N1c1ccccc1. The van der Waals surface area contributed by atoms with E-state index in [0.29, 0.717) is 16.8 Å². The van der Waals surface area contributed by atoms with E-state index in [1.165, 1.54) is 4.90 Å². The first-order valence-corrected chi connectivity index (χ1v) is 5.32. The first kappa shape index (κ1) is 9.78. The third-order valence-corrected chi connectivity index (χ3v) is 2.81.